The van der Waals surface area contributed by atoms with Gasteiger partial charge in [-0.2, -0.15) is 5.10 Å². The molecule has 1 heterocycles. The zero-order valence-corrected chi connectivity index (χ0v) is 11.3. The number of Topliss-reactive ketones (excluding diaryl/α,β-unsaturated/α-hetero) is 1. The highest BCUT2D eigenvalue weighted by Gasteiger charge is 2.21. The van der Waals surface area contributed by atoms with E-state index in [2.05, 4.69) is 5.10 Å². The molecule has 0 saturated heterocycles. The summed E-state index contributed by atoms with van der Waals surface area (Å²) >= 11 is 6.23. The fourth-order valence-corrected chi connectivity index (χ4v) is 2.90. The molecule has 1 atom stereocenters. The van der Waals surface area contributed by atoms with Crippen LogP contribution in [0.1, 0.15) is 43.4 Å². The lowest BCUT2D eigenvalue weighted by molar-refractivity contribution is -0.119. The van der Waals surface area contributed by atoms with Crippen molar-refractivity contribution in [2.45, 2.75) is 45.4 Å². The molecule has 0 aliphatic heterocycles. The van der Waals surface area contributed by atoms with Crippen LogP contribution in [0.2, 0.25) is 5.15 Å². The van der Waals surface area contributed by atoms with E-state index < -0.39 is 0 Å². The molecule has 1 aromatic heterocycles. The molecular formula is C13H19ClN2O. The van der Waals surface area contributed by atoms with Gasteiger partial charge in [-0.3, -0.25) is 9.48 Å². The van der Waals surface area contributed by atoms with Gasteiger partial charge in [-0.25, -0.2) is 0 Å². The number of carbonyl (C=O) groups excluding carboxylic acids is 1. The standard InChI is InChI=1S/C13H19ClN2O/c1-9-12(13(14)16(2)15-9)8-10-5-3-4-6-11(17)7-10/h10H,3-8H2,1-2H3. The van der Waals surface area contributed by atoms with Gasteiger partial charge in [-0.15, -0.1) is 0 Å². The monoisotopic (exact) mass is 254 g/mol. The van der Waals surface area contributed by atoms with E-state index in [0.29, 0.717) is 18.1 Å². The van der Waals surface area contributed by atoms with Crippen molar-refractivity contribution in [2.24, 2.45) is 13.0 Å². The van der Waals surface area contributed by atoms with Gasteiger partial charge in [0.2, 0.25) is 0 Å². The van der Waals surface area contributed by atoms with Crippen LogP contribution in [0.15, 0.2) is 0 Å². The minimum Gasteiger partial charge on any atom is -0.300 e. The Labute approximate surface area is 107 Å². The highest BCUT2D eigenvalue weighted by Crippen LogP contribution is 2.28. The average Bonchev–Trinajstić information content (AvgIpc) is 2.46. The molecule has 3 nitrogen and oxygen atoms in total. The van der Waals surface area contributed by atoms with E-state index >= 15 is 0 Å². The third kappa shape index (κ3) is 2.89. The summed E-state index contributed by atoms with van der Waals surface area (Å²) in [4.78, 5) is 11.6. The highest BCUT2D eigenvalue weighted by molar-refractivity contribution is 6.30. The molecule has 17 heavy (non-hydrogen) atoms. The van der Waals surface area contributed by atoms with Crippen LogP contribution in [0.5, 0.6) is 0 Å². The number of aryl methyl sites for hydroxylation is 2. The molecule has 1 fully saturated rings. The average molecular weight is 255 g/mol. The molecule has 1 aromatic rings. The minimum absolute atomic E-state index is 0.408. The van der Waals surface area contributed by atoms with Crippen LogP contribution in [0.4, 0.5) is 0 Å². The first-order valence-corrected chi connectivity index (χ1v) is 6.65. The predicted octanol–water partition coefficient (Wildman–Crippen LogP) is 3.07. The van der Waals surface area contributed by atoms with Gasteiger partial charge in [0.1, 0.15) is 10.9 Å². The van der Waals surface area contributed by atoms with Gasteiger partial charge < -0.3 is 0 Å². The zero-order valence-electron chi connectivity index (χ0n) is 10.5. The molecule has 0 amide bonds. The molecule has 4 heteroatoms. The van der Waals surface area contributed by atoms with Crippen molar-refractivity contribution >= 4 is 17.4 Å². The van der Waals surface area contributed by atoms with E-state index in [1.807, 2.05) is 14.0 Å². The van der Waals surface area contributed by atoms with Crippen LogP contribution < -0.4 is 0 Å². The number of ketones is 1. The first kappa shape index (κ1) is 12.6. The Balaban J connectivity index is 2.11. The molecule has 1 aliphatic carbocycles. The minimum atomic E-state index is 0.408. The Kier molecular flexibility index (Phi) is 3.87. The normalized spacial score (nSPS) is 21.6. The van der Waals surface area contributed by atoms with Crippen molar-refractivity contribution in [3.05, 3.63) is 16.4 Å². The van der Waals surface area contributed by atoms with E-state index in [-0.39, 0.29) is 0 Å². The molecule has 0 N–H and O–H groups in total. The van der Waals surface area contributed by atoms with Gasteiger partial charge in [0.25, 0.3) is 0 Å². The second kappa shape index (κ2) is 5.21. The highest BCUT2D eigenvalue weighted by atomic mass is 35.5. The topological polar surface area (TPSA) is 34.9 Å². The van der Waals surface area contributed by atoms with Crippen LogP contribution in [0.25, 0.3) is 0 Å². The Hall–Kier alpha value is -0.830. The summed E-state index contributed by atoms with van der Waals surface area (Å²) in [5.74, 6) is 0.857. The number of nitrogens with zero attached hydrogens (tertiary/aromatic N) is 2. The maximum atomic E-state index is 11.6. The Morgan fingerprint density at radius 2 is 2.24 bits per heavy atom. The number of hydrogen-bond acceptors (Lipinski definition) is 2. The third-order valence-electron chi connectivity index (χ3n) is 3.60. The number of hydrogen-bond donors (Lipinski definition) is 0. The summed E-state index contributed by atoms with van der Waals surface area (Å²) in [7, 11) is 1.86. The summed E-state index contributed by atoms with van der Waals surface area (Å²) in [6.07, 6.45) is 5.71. The molecular weight excluding hydrogens is 236 g/mol. The number of rotatable bonds is 2. The van der Waals surface area contributed by atoms with Gasteiger partial charge in [0.15, 0.2) is 0 Å². The van der Waals surface area contributed by atoms with Gasteiger partial charge >= 0.3 is 0 Å². The summed E-state index contributed by atoms with van der Waals surface area (Å²) in [5, 5.41) is 5.04. The zero-order chi connectivity index (χ0) is 12.4. The van der Waals surface area contributed by atoms with Gasteiger partial charge in [-0.05, 0) is 32.1 Å². The molecule has 94 valence electrons. The lowest BCUT2D eigenvalue weighted by Crippen LogP contribution is -2.09. The van der Waals surface area contributed by atoms with Crippen LogP contribution >= 0.6 is 11.6 Å². The molecule has 1 unspecified atom stereocenters. The van der Waals surface area contributed by atoms with Gasteiger partial charge in [-0.1, -0.05) is 18.0 Å². The van der Waals surface area contributed by atoms with Gasteiger partial charge in [0.05, 0.1) is 5.69 Å². The van der Waals surface area contributed by atoms with Crippen LogP contribution in [0.3, 0.4) is 0 Å². The fourth-order valence-electron chi connectivity index (χ4n) is 2.65. The molecule has 0 radical (unpaired) electrons. The van der Waals surface area contributed by atoms with Gasteiger partial charge in [0, 0.05) is 25.5 Å². The lowest BCUT2D eigenvalue weighted by Gasteiger charge is -2.12. The maximum absolute atomic E-state index is 11.6. The molecule has 0 bridgehead atoms. The van der Waals surface area contributed by atoms with E-state index in [4.69, 9.17) is 11.6 Å². The largest absolute Gasteiger partial charge is 0.300 e. The van der Waals surface area contributed by atoms with Crippen LogP contribution in [0, 0.1) is 12.8 Å². The van der Waals surface area contributed by atoms with Crippen molar-refractivity contribution in [1.29, 1.82) is 0 Å². The van der Waals surface area contributed by atoms with E-state index in [0.717, 1.165) is 48.5 Å². The SMILES string of the molecule is Cc1nn(C)c(Cl)c1CC1CCCCC(=O)C1. The van der Waals surface area contributed by atoms with Crippen molar-refractivity contribution in [3.63, 3.8) is 0 Å². The second-order valence-electron chi connectivity index (χ2n) is 5.04. The quantitative estimate of drug-likeness (QED) is 0.761. The van der Waals surface area contributed by atoms with Crippen molar-refractivity contribution in [2.75, 3.05) is 0 Å². The third-order valence-corrected chi connectivity index (χ3v) is 4.07. The Morgan fingerprint density at radius 3 is 2.88 bits per heavy atom. The van der Waals surface area contributed by atoms with E-state index in [1.54, 1.807) is 4.68 Å². The fraction of sp³-hybridized carbons (Fsp3) is 0.692. The number of carbonyl (C=O) groups is 1. The van der Waals surface area contributed by atoms with Crippen molar-refractivity contribution in [3.8, 4) is 0 Å². The first-order chi connectivity index (χ1) is 8.08. The first-order valence-electron chi connectivity index (χ1n) is 6.27. The van der Waals surface area contributed by atoms with Crippen molar-refractivity contribution < 1.29 is 4.79 Å². The molecule has 0 aromatic carbocycles. The maximum Gasteiger partial charge on any atom is 0.133 e. The van der Waals surface area contributed by atoms with Crippen LogP contribution in [-0.2, 0) is 18.3 Å². The number of halogens is 1. The number of aromatic nitrogens is 2. The predicted molar refractivity (Wildman–Crippen MR) is 68.2 cm³/mol. The molecule has 1 saturated carbocycles. The summed E-state index contributed by atoms with van der Waals surface area (Å²) in [6, 6.07) is 0. The van der Waals surface area contributed by atoms with E-state index in [9.17, 15) is 4.79 Å². The van der Waals surface area contributed by atoms with Crippen molar-refractivity contribution in [1.82, 2.24) is 9.78 Å². The summed E-state index contributed by atoms with van der Waals surface area (Å²) < 4.78 is 1.71. The van der Waals surface area contributed by atoms with E-state index in [1.165, 1.54) is 0 Å². The second-order valence-corrected chi connectivity index (χ2v) is 5.40. The smallest absolute Gasteiger partial charge is 0.133 e. The summed E-state index contributed by atoms with van der Waals surface area (Å²) in [6.45, 7) is 1.99. The Morgan fingerprint density at radius 1 is 1.47 bits per heavy atom. The molecule has 2 rings (SSSR count). The molecule has 1 aliphatic rings. The summed E-state index contributed by atoms with van der Waals surface area (Å²) in [5.41, 5.74) is 2.11. The Bertz CT molecular complexity index is 425. The lowest BCUT2D eigenvalue weighted by atomic mass is 9.92. The van der Waals surface area contributed by atoms with Crippen LogP contribution in [-0.4, -0.2) is 15.6 Å². The molecule has 0 spiro atoms.